The van der Waals surface area contributed by atoms with Gasteiger partial charge in [-0.05, 0) is 30.5 Å². The lowest BCUT2D eigenvalue weighted by Crippen LogP contribution is -2.40. The molecule has 1 saturated heterocycles. The molecule has 0 saturated carbocycles. The van der Waals surface area contributed by atoms with Gasteiger partial charge in [0.05, 0.1) is 32.5 Å². The van der Waals surface area contributed by atoms with Crippen LogP contribution in [0.4, 0.5) is 0 Å². The molecule has 4 rings (SSSR count). The number of rotatable bonds is 12. The van der Waals surface area contributed by atoms with Gasteiger partial charge in [0, 0.05) is 0 Å². The minimum atomic E-state index is -0.533. The summed E-state index contributed by atoms with van der Waals surface area (Å²) in [6, 6.07) is 30.4. The molecule has 0 bridgehead atoms. The van der Waals surface area contributed by atoms with E-state index in [-0.39, 0.29) is 24.4 Å². The molecule has 5 heteroatoms. The van der Waals surface area contributed by atoms with Gasteiger partial charge in [-0.1, -0.05) is 91.0 Å². The van der Waals surface area contributed by atoms with E-state index in [0.29, 0.717) is 26.4 Å². The Balaban J connectivity index is 1.46. The maximum absolute atomic E-state index is 6.41. The van der Waals surface area contributed by atoms with Crippen molar-refractivity contribution in [2.75, 3.05) is 6.61 Å². The fourth-order valence-electron chi connectivity index (χ4n) is 3.98. The van der Waals surface area contributed by atoms with E-state index in [1.165, 1.54) is 0 Å². The van der Waals surface area contributed by atoms with E-state index >= 15 is 0 Å². The van der Waals surface area contributed by atoms with Crippen molar-refractivity contribution in [3.05, 3.63) is 108 Å². The van der Waals surface area contributed by atoms with Gasteiger partial charge in [0.2, 0.25) is 0 Å². The molecule has 1 aliphatic heterocycles. The largest absolute Gasteiger partial charge is 0.374 e. The third-order valence-corrected chi connectivity index (χ3v) is 5.64. The second-order valence-corrected chi connectivity index (χ2v) is 8.75. The number of benzene rings is 3. The highest BCUT2D eigenvalue weighted by atomic mass is 16.7. The van der Waals surface area contributed by atoms with Gasteiger partial charge in [-0.2, -0.15) is 0 Å². The van der Waals surface area contributed by atoms with Crippen molar-refractivity contribution >= 4 is 0 Å². The Hall–Kier alpha value is -2.54. The zero-order valence-corrected chi connectivity index (χ0v) is 19.9. The van der Waals surface area contributed by atoms with Crippen molar-refractivity contribution in [1.29, 1.82) is 0 Å². The highest BCUT2D eigenvalue weighted by Crippen LogP contribution is 2.30. The van der Waals surface area contributed by atoms with Crippen LogP contribution >= 0.6 is 0 Å². The van der Waals surface area contributed by atoms with Crippen LogP contribution in [-0.4, -0.2) is 37.3 Å². The van der Waals surface area contributed by atoms with Crippen LogP contribution in [0.2, 0.25) is 0 Å². The van der Waals surface area contributed by atoms with E-state index in [2.05, 4.69) is 36.4 Å². The molecule has 0 radical (unpaired) electrons. The molecule has 4 atom stereocenters. The SMILES string of the molecule is CC(C)O[C@@H]1O[C@H](COCc2ccccc2)[C@@H](OCc2ccccc2)[C@@H]1OCc1ccccc1. The van der Waals surface area contributed by atoms with E-state index in [1.807, 2.05) is 68.4 Å². The Morgan fingerprint density at radius 2 is 1.12 bits per heavy atom. The van der Waals surface area contributed by atoms with Crippen molar-refractivity contribution in [2.24, 2.45) is 0 Å². The first-order chi connectivity index (χ1) is 16.7. The van der Waals surface area contributed by atoms with Crippen LogP contribution < -0.4 is 0 Å². The summed E-state index contributed by atoms with van der Waals surface area (Å²) < 4.78 is 31.2. The summed E-state index contributed by atoms with van der Waals surface area (Å²) in [6.07, 6.45) is -1.56. The summed E-state index contributed by atoms with van der Waals surface area (Å²) in [7, 11) is 0. The summed E-state index contributed by atoms with van der Waals surface area (Å²) in [5.74, 6) is 0. The molecule has 0 unspecified atom stereocenters. The Labute approximate surface area is 202 Å². The summed E-state index contributed by atoms with van der Waals surface area (Å²) in [6.45, 7) is 5.81. The maximum Gasteiger partial charge on any atom is 0.187 e. The van der Waals surface area contributed by atoms with Crippen LogP contribution in [0, 0.1) is 0 Å². The quantitative estimate of drug-likeness (QED) is 0.354. The van der Waals surface area contributed by atoms with Crippen LogP contribution in [-0.2, 0) is 43.5 Å². The molecular formula is C29H34O5. The van der Waals surface area contributed by atoms with Crippen molar-refractivity contribution in [2.45, 2.75) is 64.4 Å². The molecule has 1 heterocycles. The Bertz CT molecular complexity index is 948. The van der Waals surface area contributed by atoms with Gasteiger partial charge in [-0.15, -0.1) is 0 Å². The smallest absolute Gasteiger partial charge is 0.187 e. The van der Waals surface area contributed by atoms with Gasteiger partial charge in [0.25, 0.3) is 0 Å². The van der Waals surface area contributed by atoms with Crippen molar-refractivity contribution in [1.82, 2.24) is 0 Å². The van der Waals surface area contributed by atoms with Crippen molar-refractivity contribution in [3.63, 3.8) is 0 Å². The lowest BCUT2D eigenvalue weighted by Gasteiger charge is -2.25. The molecular weight excluding hydrogens is 428 g/mol. The Morgan fingerprint density at radius 3 is 1.62 bits per heavy atom. The van der Waals surface area contributed by atoms with E-state index in [4.69, 9.17) is 23.7 Å². The molecule has 3 aromatic carbocycles. The highest BCUT2D eigenvalue weighted by Gasteiger charge is 2.47. The van der Waals surface area contributed by atoms with Gasteiger partial charge >= 0.3 is 0 Å². The average Bonchev–Trinajstić information content (AvgIpc) is 3.18. The first-order valence-corrected chi connectivity index (χ1v) is 11.9. The Kier molecular flexibility index (Phi) is 9.25. The predicted octanol–water partition coefficient (Wildman–Crippen LogP) is 5.52. The standard InChI is InChI=1S/C29H34O5/c1-22(2)33-29-28(32-20-25-16-10-5-11-17-25)27(31-19-24-14-8-4-9-15-24)26(34-29)21-30-18-23-12-6-3-7-13-23/h3-17,22,26-29H,18-21H2,1-2H3/t26-,27-,28+,29-/m1/s1. The summed E-state index contributed by atoms with van der Waals surface area (Å²) >= 11 is 0. The molecule has 0 aromatic heterocycles. The monoisotopic (exact) mass is 462 g/mol. The molecule has 180 valence electrons. The zero-order valence-electron chi connectivity index (χ0n) is 19.9. The summed E-state index contributed by atoms with van der Waals surface area (Å²) in [4.78, 5) is 0. The second kappa shape index (κ2) is 12.8. The van der Waals surface area contributed by atoms with Crippen molar-refractivity contribution in [3.8, 4) is 0 Å². The van der Waals surface area contributed by atoms with E-state index in [1.54, 1.807) is 0 Å². The fraction of sp³-hybridized carbons (Fsp3) is 0.379. The molecule has 1 aliphatic rings. The second-order valence-electron chi connectivity index (χ2n) is 8.75. The minimum Gasteiger partial charge on any atom is -0.374 e. The lowest BCUT2D eigenvalue weighted by atomic mass is 10.1. The lowest BCUT2D eigenvalue weighted by molar-refractivity contribution is -0.200. The number of ether oxygens (including phenoxy) is 5. The third-order valence-electron chi connectivity index (χ3n) is 5.64. The third kappa shape index (κ3) is 7.23. The average molecular weight is 463 g/mol. The van der Waals surface area contributed by atoms with Crippen LogP contribution in [0.25, 0.3) is 0 Å². The molecule has 0 spiro atoms. The van der Waals surface area contributed by atoms with Gasteiger partial charge < -0.3 is 23.7 Å². The molecule has 0 aliphatic carbocycles. The van der Waals surface area contributed by atoms with E-state index in [9.17, 15) is 0 Å². The molecule has 1 fully saturated rings. The van der Waals surface area contributed by atoms with E-state index < -0.39 is 6.29 Å². The first-order valence-electron chi connectivity index (χ1n) is 11.9. The molecule has 3 aromatic rings. The number of hydrogen-bond acceptors (Lipinski definition) is 5. The van der Waals surface area contributed by atoms with Crippen LogP contribution in [0.5, 0.6) is 0 Å². The minimum absolute atomic E-state index is 0.00779. The van der Waals surface area contributed by atoms with Gasteiger partial charge in [0.1, 0.15) is 18.3 Å². The van der Waals surface area contributed by atoms with Crippen molar-refractivity contribution < 1.29 is 23.7 Å². The number of hydrogen-bond donors (Lipinski definition) is 0. The molecule has 5 nitrogen and oxygen atoms in total. The molecule has 0 N–H and O–H groups in total. The molecule has 34 heavy (non-hydrogen) atoms. The topological polar surface area (TPSA) is 46.2 Å². The zero-order chi connectivity index (χ0) is 23.6. The maximum atomic E-state index is 6.41. The van der Waals surface area contributed by atoms with E-state index in [0.717, 1.165) is 16.7 Å². The van der Waals surface area contributed by atoms with Gasteiger partial charge in [0.15, 0.2) is 6.29 Å². The normalized spacial score (nSPS) is 22.3. The highest BCUT2D eigenvalue weighted by molar-refractivity contribution is 5.15. The first kappa shape index (κ1) is 24.6. The molecule has 0 amide bonds. The van der Waals surface area contributed by atoms with Crippen LogP contribution in [0.3, 0.4) is 0 Å². The van der Waals surface area contributed by atoms with Gasteiger partial charge in [-0.3, -0.25) is 0 Å². The van der Waals surface area contributed by atoms with Gasteiger partial charge in [-0.25, -0.2) is 0 Å². The summed E-state index contributed by atoms with van der Waals surface area (Å²) in [5, 5.41) is 0. The Morgan fingerprint density at radius 1 is 0.647 bits per heavy atom. The van der Waals surface area contributed by atoms with Crippen LogP contribution in [0.15, 0.2) is 91.0 Å². The predicted molar refractivity (Wildman–Crippen MR) is 131 cm³/mol. The fourth-order valence-corrected chi connectivity index (χ4v) is 3.98. The van der Waals surface area contributed by atoms with Crippen LogP contribution in [0.1, 0.15) is 30.5 Å². The summed E-state index contributed by atoms with van der Waals surface area (Å²) in [5.41, 5.74) is 3.31.